The van der Waals surface area contributed by atoms with Crippen LogP contribution < -0.4 is 4.72 Å². The molecule has 0 saturated carbocycles. The van der Waals surface area contributed by atoms with Gasteiger partial charge in [-0.25, -0.2) is 23.1 Å². The highest BCUT2D eigenvalue weighted by atomic mass is 35.5. The lowest BCUT2D eigenvalue weighted by Crippen LogP contribution is -2.23. The van der Waals surface area contributed by atoms with E-state index in [1.807, 2.05) is 0 Å². The fraction of sp³-hybridized carbons (Fsp3) is 0.0909. The molecule has 1 aromatic heterocycles. The van der Waals surface area contributed by atoms with Gasteiger partial charge in [0, 0.05) is 6.54 Å². The zero-order valence-corrected chi connectivity index (χ0v) is 11.2. The summed E-state index contributed by atoms with van der Waals surface area (Å²) in [6, 6.07) is 6.20. The van der Waals surface area contributed by atoms with E-state index in [4.69, 9.17) is 16.7 Å². The summed E-state index contributed by atoms with van der Waals surface area (Å²) in [4.78, 5) is 7.17. The second-order valence-electron chi connectivity index (χ2n) is 3.68. The van der Waals surface area contributed by atoms with Gasteiger partial charge in [0.1, 0.15) is 10.6 Å². The van der Waals surface area contributed by atoms with Crippen LogP contribution in [0.5, 0.6) is 5.75 Å². The minimum Gasteiger partial charge on any atom is -0.508 e. The number of aromatic nitrogens is 2. The quantitative estimate of drug-likeness (QED) is 0.831. The maximum absolute atomic E-state index is 11.9. The number of halogens is 1. The van der Waals surface area contributed by atoms with Crippen molar-refractivity contribution in [3.05, 3.63) is 47.5 Å². The van der Waals surface area contributed by atoms with Crippen LogP contribution in [0.4, 0.5) is 0 Å². The average Bonchev–Trinajstić information content (AvgIpc) is 2.39. The lowest BCUT2D eigenvalue weighted by atomic mass is 10.2. The Balaban J connectivity index is 2.09. The van der Waals surface area contributed by atoms with Gasteiger partial charge in [-0.2, -0.15) is 0 Å². The van der Waals surface area contributed by atoms with E-state index in [9.17, 15) is 8.42 Å². The van der Waals surface area contributed by atoms with E-state index < -0.39 is 10.0 Å². The van der Waals surface area contributed by atoms with Crippen molar-refractivity contribution >= 4 is 21.6 Å². The molecule has 2 aromatic rings. The summed E-state index contributed by atoms with van der Waals surface area (Å²) >= 11 is 5.49. The molecule has 2 rings (SSSR count). The Hall–Kier alpha value is -1.70. The molecular formula is C11H10ClN3O3S. The number of sulfonamides is 1. The molecule has 0 amide bonds. The zero-order valence-electron chi connectivity index (χ0n) is 9.62. The molecule has 19 heavy (non-hydrogen) atoms. The Morgan fingerprint density at radius 2 is 1.74 bits per heavy atom. The summed E-state index contributed by atoms with van der Waals surface area (Å²) in [6.07, 6.45) is 2.27. The highest BCUT2D eigenvalue weighted by Gasteiger charge is 2.14. The van der Waals surface area contributed by atoms with Crippen LogP contribution in [0, 0.1) is 0 Å². The summed E-state index contributed by atoms with van der Waals surface area (Å²) in [5.41, 5.74) is 0.719. The second kappa shape index (κ2) is 5.52. The molecule has 0 bridgehead atoms. The largest absolute Gasteiger partial charge is 0.508 e. The SMILES string of the molecule is O=S(=O)(NCc1ccc(O)cc1)c1cnc(Cl)nc1. The summed E-state index contributed by atoms with van der Waals surface area (Å²) < 4.78 is 26.2. The molecule has 6 nitrogen and oxygen atoms in total. The average molecular weight is 300 g/mol. The predicted molar refractivity (Wildman–Crippen MR) is 69.2 cm³/mol. The molecule has 0 aliphatic carbocycles. The highest BCUT2D eigenvalue weighted by Crippen LogP contribution is 2.11. The summed E-state index contributed by atoms with van der Waals surface area (Å²) in [5, 5.41) is 9.10. The molecule has 0 aliphatic heterocycles. The smallest absolute Gasteiger partial charge is 0.243 e. The first kappa shape index (κ1) is 13.7. The van der Waals surface area contributed by atoms with Crippen LogP contribution in [0.25, 0.3) is 0 Å². The number of phenolic OH excluding ortho intramolecular Hbond substituents is 1. The molecule has 1 heterocycles. The summed E-state index contributed by atoms with van der Waals surface area (Å²) in [6.45, 7) is 0.102. The van der Waals surface area contributed by atoms with Gasteiger partial charge in [-0.3, -0.25) is 0 Å². The van der Waals surface area contributed by atoms with Gasteiger partial charge in [0.05, 0.1) is 12.4 Å². The van der Waals surface area contributed by atoms with Crippen molar-refractivity contribution in [1.29, 1.82) is 0 Å². The van der Waals surface area contributed by atoms with E-state index in [0.717, 1.165) is 18.0 Å². The summed E-state index contributed by atoms with van der Waals surface area (Å²) in [5.74, 6) is 0.123. The first-order valence-electron chi connectivity index (χ1n) is 5.22. The monoisotopic (exact) mass is 299 g/mol. The van der Waals surface area contributed by atoms with E-state index in [1.165, 1.54) is 12.1 Å². The Morgan fingerprint density at radius 3 is 2.32 bits per heavy atom. The van der Waals surface area contributed by atoms with Crippen LogP contribution in [-0.2, 0) is 16.6 Å². The number of aromatic hydroxyl groups is 1. The molecule has 0 unspecified atom stereocenters. The Bertz CT molecular complexity index is 657. The van der Waals surface area contributed by atoms with Crippen LogP contribution in [0.3, 0.4) is 0 Å². The van der Waals surface area contributed by atoms with E-state index in [1.54, 1.807) is 12.1 Å². The summed E-state index contributed by atoms with van der Waals surface area (Å²) in [7, 11) is -3.68. The molecule has 0 aliphatic rings. The van der Waals surface area contributed by atoms with Crippen LogP contribution in [-0.4, -0.2) is 23.5 Å². The normalized spacial score (nSPS) is 11.4. The highest BCUT2D eigenvalue weighted by molar-refractivity contribution is 7.89. The van der Waals surface area contributed by atoms with Crippen molar-refractivity contribution in [3.8, 4) is 5.75 Å². The number of phenols is 1. The van der Waals surface area contributed by atoms with Crippen LogP contribution >= 0.6 is 11.6 Å². The van der Waals surface area contributed by atoms with Crippen molar-refractivity contribution < 1.29 is 13.5 Å². The third kappa shape index (κ3) is 3.63. The fourth-order valence-corrected chi connectivity index (χ4v) is 2.32. The second-order valence-corrected chi connectivity index (χ2v) is 5.78. The van der Waals surface area contributed by atoms with Gasteiger partial charge in [-0.05, 0) is 29.3 Å². The molecule has 0 spiro atoms. The molecular weight excluding hydrogens is 290 g/mol. The van der Waals surface area contributed by atoms with Crippen molar-refractivity contribution in [3.63, 3.8) is 0 Å². The third-order valence-electron chi connectivity index (χ3n) is 2.31. The van der Waals surface area contributed by atoms with Crippen molar-refractivity contribution in [2.75, 3.05) is 0 Å². The lowest BCUT2D eigenvalue weighted by molar-refractivity contribution is 0.475. The van der Waals surface area contributed by atoms with Crippen molar-refractivity contribution in [1.82, 2.24) is 14.7 Å². The zero-order chi connectivity index (χ0) is 13.9. The van der Waals surface area contributed by atoms with Gasteiger partial charge in [0.15, 0.2) is 0 Å². The van der Waals surface area contributed by atoms with E-state index in [-0.39, 0.29) is 22.5 Å². The fourth-order valence-electron chi connectivity index (χ4n) is 1.31. The Labute approximate surface area is 115 Å². The van der Waals surface area contributed by atoms with Crippen LogP contribution in [0.1, 0.15) is 5.56 Å². The molecule has 8 heteroatoms. The predicted octanol–water partition coefficient (Wildman–Crippen LogP) is 1.31. The molecule has 0 fully saturated rings. The van der Waals surface area contributed by atoms with Crippen molar-refractivity contribution in [2.45, 2.75) is 11.4 Å². The molecule has 0 saturated heterocycles. The third-order valence-corrected chi connectivity index (χ3v) is 3.86. The molecule has 2 N–H and O–H groups in total. The number of hydrogen-bond donors (Lipinski definition) is 2. The minimum absolute atomic E-state index is 0.0162. The molecule has 0 atom stereocenters. The van der Waals surface area contributed by atoms with Gasteiger partial charge in [0.2, 0.25) is 15.3 Å². The van der Waals surface area contributed by atoms with E-state index in [0.29, 0.717) is 0 Å². The van der Waals surface area contributed by atoms with Gasteiger partial charge in [0.25, 0.3) is 0 Å². The van der Waals surface area contributed by atoms with E-state index >= 15 is 0 Å². The molecule has 1 aromatic carbocycles. The van der Waals surface area contributed by atoms with Gasteiger partial charge < -0.3 is 5.11 Å². The first-order chi connectivity index (χ1) is 8.97. The maximum Gasteiger partial charge on any atom is 0.243 e. The van der Waals surface area contributed by atoms with Gasteiger partial charge in [-0.15, -0.1) is 0 Å². The number of hydrogen-bond acceptors (Lipinski definition) is 5. The number of rotatable bonds is 4. The number of nitrogens with zero attached hydrogens (tertiary/aromatic N) is 2. The number of benzene rings is 1. The van der Waals surface area contributed by atoms with Crippen LogP contribution in [0.2, 0.25) is 5.28 Å². The van der Waals surface area contributed by atoms with Gasteiger partial charge in [-0.1, -0.05) is 12.1 Å². The van der Waals surface area contributed by atoms with Crippen LogP contribution in [0.15, 0.2) is 41.6 Å². The van der Waals surface area contributed by atoms with E-state index in [2.05, 4.69) is 14.7 Å². The first-order valence-corrected chi connectivity index (χ1v) is 7.08. The van der Waals surface area contributed by atoms with Crippen molar-refractivity contribution in [2.24, 2.45) is 0 Å². The topological polar surface area (TPSA) is 92.2 Å². The maximum atomic E-state index is 11.9. The molecule has 0 radical (unpaired) electrons. The Morgan fingerprint density at radius 1 is 1.16 bits per heavy atom. The molecule has 100 valence electrons. The standard InChI is InChI=1S/C11H10ClN3O3S/c12-11-13-6-10(7-14-11)19(17,18)15-5-8-1-3-9(16)4-2-8/h1-4,6-7,15-16H,5H2. The number of nitrogens with one attached hydrogen (secondary N) is 1. The minimum atomic E-state index is -3.68. The van der Waals surface area contributed by atoms with Gasteiger partial charge >= 0.3 is 0 Å². The lowest BCUT2D eigenvalue weighted by Gasteiger charge is -2.06. The Kier molecular flexibility index (Phi) is 3.98.